The molecule has 0 radical (unpaired) electrons. The number of aromatic nitrogens is 1. The summed E-state index contributed by atoms with van der Waals surface area (Å²) < 4.78 is 6.11. The van der Waals surface area contributed by atoms with Gasteiger partial charge in [-0.15, -0.1) is 0 Å². The molecule has 0 saturated heterocycles. The zero-order valence-corrected chi connectivity index (χ0v) is 21.8. The summed E-state index contributed by atoms with van der Waals surface area (Å²) in [5.74, 6) is 1.94. The van der Waals surface area contributed by atoms with Gasteiger partial charge in [0.1, 0.15) is 12.4 Å². The van der Waals surface area contributed by atoms with E-state index in [1.165, 1.54) is 16.7 Å². The van der Waals surface area contributed by atoms with E-state index in [4.69, 9.17) is 4.74 Å². The summed E-state index contributed by atoms with van der Waals surface area (Å²) in [4.78, 5) is 16.5. The number of aryl methyl sites for hydroxylation is 1. The fourth-order valence-corrected chi connectivity index (χ4v) is 7.67. The van der Waals surface area contributed by atoms with E-state index in [0.29, 0.717) is 24.4 Å². The number of rotatable bonds is 6. The third-order valence-corrected chi connectivity index (χ3v) is 9.73. The fourth-order valence-electron chi connectivity index (χ4n) is 7.67. The van der Waals surface area contributed by atoms with Crippen molar-refractivity contribution in [2.45, 2.75) is 70.6 Å². The van der Waals surface area contributed by atoms with E-state index in [1.54, 1.807) is 0 Å². The highest BCUT2D eigenvalue weighted by Crippen LogP contribution is 2.62. The number of amides is 1. The lowest BCUT2D eigenvalue weighted by molar-refractivity contribution is -0.130. The largest absolute Gasteiger partial charge is 0.489 e. The summed E-state index contributed by atoms with van der Waals surface area (Å²) in [5, 5.41) is 14.6. The van der Waals surface area contributed by atoms with E-state index in [9.17, 15) is 9.90 Å². The number of H-pyrrole nitrogens is 1. The van der Waals surface area contributed by atoms with Crippen LogP contribution in [0.25, 0.3) is 0 Å². The Labute approximate surface area is 219 Å². The summed E-state index contributed by atoms with van der Waals surface area (Å²) in [6.07, 6.45) is 6.22. The number of aliphatic hydroxyl groups excluding tert-OH is 1. The zero-order valence-electron chi connectivity index (χ0n) is 21.8. The van der Waals surface area contributed by atoms with E-state index in [-0.39, 0.29) is 23.3 Å². The van der Waals surface area contributed by atoms with Gasteiger partial charge in [0.15, 0.2) is 0 Å². The number of benzene rings is 2. The van der Waals surface area contributed by atoms with Gasteiger partial charge in [-0.1, -0.05) is 43.3 Å². The van der Waals surface area contributed by atoms with Gasteiger partial charge in [-0.05, 0) is 103 Å². The van der Waals surface area contributed by atoms with Crippen molar-refractivity contribution in [3.63, 3.8) is 0 Å². The van der Waals surface area contributed by atoms with Crippen molar-refractivity contribution in [2.24, 2.45) is 23.2 Å². The third-order valence-electron chi connectivity index (χ3n) is 9.73. The number of hydrogen-bond acceptors (Lipinski definition) is 3. The highest BCUT2D eigenvalue weighted by atomic mass is 16.5. The fraction of sp³-hybridized carbons (Fsp3) is 0.469. The molecule has 3 aliphatic carbocycles. The molecule has 7 atom stereocenters. The Morgan fingerprint density at radius 3 is 2.78 bits per heavy atom. The predicted octanol–water partition coefficient (Wildman–Crippen LogP) is 5.91. The van der Waals surface area contributed by atoms with E-state index < -0.39 is 6.10 Å². The van der Waals surface area contributed by atoms with Gasteiger partial charge in [0, 0.05) is 11.9 Å². The highest BCUT2D eigenvalue weighted by Gasteiger charge is 2.59. The van der Waals surface area contributed by atoms with Crippen molar-refractivity contribution in [3.8, 4) is 5.75 Å². The Bertz CT molecular complexity index is 1240. The second-order valence-corrected chi connectivity index (χ2v) is 11.7. The molecule has 3 N–H and O–H groups in total. The van der Waals surface area contributed by atoms with Crippen molar-refractivity contribution < 1.29 is 14.6 Å². The molecule has 5 nitrogen and oxygen atoms in total. The second-order valence-electron chi connectivity index (χ2n) is 11.7. The van der Waals surface area contributed by atoms with Crippen molar-refractivity contribution in [1.29, 1.82) is 0 Å². The number of aromatic amines is 1. The van der Waals surface area contributed by atoms with Crippen LogP contribution in [0.5, 0.6) is 5.75 Å². The van der Waals surface area contributed by atoms with Gasteiger partial charge in [0.25, 0.3) is 0 Å². The molecule has 2 fully saturated rings. The number of aliphatic hydroxyl groups is 1. The molecule has 1 amide bonds. The van der Waals surface area contributed by atoms with E-state index >= 15 is 0 Å². The van der Waals surface area contributed by atoms with Crippen molar-refractivity contribution in [1.82, 2.24) is 10.3 Å². The first-order valence-corrected chi connectivity index (χ1v) is 13.9. The Kier molecular flexibility index (Phi) is 6.36. The number of carbonyl (C=O) groups is 1. The molecule has 0 aliphatic heterocycles. The van der Waals surface area contributed by atoms with Gasteiger partial charge in [0.2, 0.25) is 5.91 Å². The summed E-state index contributed by atoms with van der Waals surface area (Å²) in [7, 11) is 0. The van der Waals surface area contributed by atoms with Crippen LogP contribution in [0.3, 0.4) is 0 Å². The van der Waals surface area contributed by atoms with Crippen LogP contribution in [0.4, 0.5) is 0 Å². The minimum absolute atomic E-state index is 0.0156. The first kappa shape index (κ1) is 24.3. The van der Waals surface area contributed by atoms with Crippen LogP contribution in [0.15, 0.2) is 66.9 Å². The molecule has 37 heavy (non-hydrogen) atoms. The number of fused-ring (bicyclic) bond motifs is 5. The predicted molar refractivity (Wildman–Crippen MR) is 144 cm³/mol. The SMILES string of the molecule is CC(NC(=O)C1CC2C3CCc4cc(OCc5ccccc5)ccc4C3CCC2(C)C1O)c1ccc[nH]1. The molecule has 194 valence electrons. The zero-order chi connectivity index (χ0) is 25.6. The quantitative estimate of drug-likeness (QED) is 0.395. The Balaban J connectivity index is 1.16. The van der Waals surface area contributed by atoms with Gasteiger partial charge in [-0.25, -0.2) is 0 Å². The van der Waals surface area contributed by atoms with E-state index in [2.05, 4.69) is 47.6 Å². The van der Waals surface area contributed by atoms with Crippen LogP contribution in [0.2, 0.25) is 0 Å². The maximum Gasteiger partial charge on any atom is 0.226 e. The topological polar surface area (TPSA) is 74.3 Å². The van der Waals surface area contributed by atoms with Gasteiger partial charge in [-0.3, -0.25) is 4.79 Å². The number of hydrogen-bond donors (Lipinski definition) is 3. The summed E-state index contributed by atoms with van der Waals surface area (Å²) in [6.45, 7) is 4.80. The normalized spacial score (nSPS) is 31.1. The van der Waals surface area contributed by atoms with Crippen LogP contribution in [-0.2, 0) is 17.8 Å². The lowest BCUT2D eigenvalue weighted by atomic mass is 9.55. The Morgan fingerprint density at radius 2 is 2.00 bits per heavy atom. The molecule has 0 bridgehead atoms. The maximum atomic E-state index is 13.3. The first-order valence-electron chi connectivity index (χ1n) is 13.9. The summed E-state index contributed by atoms with van der Waals surface area (Å²) >= 11 is 0. The molecule has 6 rings (SSSR count). The lowest BCUT2D eigenvalue weighted by Gasteiger charge is -2.50. The van der Waals surface area contributed by atoms with E-state index in [1.807, 2.05) is 43.5 Å². The maximum absolute atomic E-state index is 13.3. The molecule has 1 aromatic heterocycles. The molecular formula is C32H38N2O3. The highest BCUT2D eigenvalue weighted by molar-refractivity contribution is 5.80. The van der Waals surface area contributed by atoms with E-state index in [0.717, 1.165) is 43.5 Å². The lowest BCUT2D eigenvalue weighted by Crippen LogP contribution is -2.45. The van der Waals surface area contributed by atoms with Gasteiger partial charge >= 0.3 is 0 Å². The Morgan fingerprint density at radius 1 is 1.16 bits per heavy atom. The molecule has 2 saturated carbocycles. The number of nitrogens with one attached hydrogen (secondary N) is 2. The molecule has 3 aliphatic rings. The van der Waals surface area contributed by atoms with Crippen LogP contribution < -0.4 is 10.1 Å². The average Bonchev–Trinajstić information content (AvgIpc) is 3.55. The van der Waals surface area contributed by atoms with Crippen LogP contribution >= 0.6 is 0 Å². The molecule has 0 spiro atoms. The molecule has 1 heterocycles. The second kappa shape index (κ2) is 9.68. The standard InChI is InChI=1S/C32H38N2O3/c1-20(29-9-6-16-33-29)34-31(36)27-18-28-26-12-10-22-17-23(37-19-21-7-4-3-5-8-21)11-13-24(22)25(26)14-15-32(28,2)30(27)35/h3-9,11,13,16-17,20,25-28,30,33,35H,10,12,14-15,18-19H2,1-2H3,(H,34,36). The van der Waals surface area contributed by atoms with Gasteiger partial charge < -0.3 is 20.1 Å². The summed E-state index contributed by atoms with van der Waals surface area (Å²) in [5.41, 5.74) is 4.82. The average molecular weight is 499 g/mol. The van der Waals surface area contributed by atoms with Crippen LogP contribution in [0, 0.1) is 23.2 Å². The monoisotopic (exact) mass is 498 g/mol. The van der Waals surface area contributed by atoms with Gasteiger partial charge in [-0.2, -0.15) is 0 Å². The number of ether oxygens (including phenoxy) is 1. The molecule has 2 aromatic carbocycles. The minimum Gasteiger partial charge on any atom is -0.489 e. The van der Waals surface area contributed by atoms with Crippen molar-refractivity contribution >= 4 is 5.91 Å². The Hall–Kier alpha value is -3.05. The van der Waals surface area contributed by atoms with Gasteiger partial charge in [0.05, 0.1) is 18.1 Å². The van der Waals surface area contributed by atoms with Crippen LogP contribution in [0.1, 0.15) is 73.9 Å². The molecule has 5 heteroatoms. The number of carbonyl (C=O) groups excluding carboxylic acids is 1. The minimum atomic E-state index is -0.593. The smallest absolute Gasteiger partial charge is 0.226 e. The van der Waals surface area contributed by atoms with Crippen molar-refractivity contribution in [3.05, 3.63) is 89.2 Å². The third kappa shape index (κ3) is 4.37. The van der Waals surface area contributed by atoms with Crippen LogP contribution in [-0.4, -0.2) is 22.1 Å². The molecular weight excluding hydrogens is 460 g/mol. The molecule has 7 unspecified atom stereocenters. The summed E-state index contributed by atoms with van der Waals surface area (Å²) in [6, 6.07) is 20.8. The molecule has 3 aromatic rings. The first-order chi connectivity index (χ1) is 17.9. The van der Waals surface area contributed by atoms with Crippen molar-refractivity contribution in [2.75, 3.05) is 0 Å².